The van der Waals surface area contributed by atoms with E-state index in [1.54, 1.807) is 0 Å². The highest BCUT2D eigenvalue weighted by Crippen LogP contribution is 2.44. The van der Waals surface area contributed by atoms with Crippen LogP contribution in [0.4, 0.5) is 0 Å². The molecular weight excluding hydrogens is 583 g/mol. The number of fused-ring (bicyclic) bond motifs is 9. The molecule has 3 heteroatoms. The Labute approximate surface area is 267 Å². The van der Waals surface area contributed by atoms with Crippen LogP contribution >= 0.6 is 22.7 Å². The number of hydrogen-bond donors (Lipinski definition) is 0. The third kappa shape index (κ3) is 3.72. The fourth-order valence-corrected chi connectivity index (χ4v) is 9.47. The molecule has 0 amide bonds. The Morgan fingerprint density at radius 2 is 1.00 bits per heavy atom. The van der Waals surface area contributed by atoms with Gasteiger partial charge in [-0.15, -0.1) is 22.7 Å². The summed E-state index contributed by atoms with van der Waals surface area (Å²) in [6, 6.07) is 55.9. The molecule has 0 fully saturated rings. The fourth-order valence-electron chi connectivity index (χ4n) is 7.22. The summed E-state index contributed by atoms with van der Waals surface area (Å²) >= 11 is 3.75. The van der Waals surface area contributed by atoms with E-state index in [0.29, 0.717) is 0 Å². The highest BCUT2D eigenvalue weighted by molar-refractivity contribution is 7.26. The number of benzene rings is 7. The molecule has 0 saturated heterocycles. The topological polar surface area (TPSA) is 4.93 Å². The highest BCUT2D eigenvalue weighted by Gasteiger charge is 2.19. The number of nitrogens with zero attached hydrogens (tertiary/aromatic N) is 1. The molecule has 3 aromatic heterocycles. The zero-order valence-electron chi connectivity index (χ0n) is 24.2. The van der Waals surface area contributed by atoms with Crippen molar-refractivity contribution < 1.29 is 0 Å². The second-order valence-electron chi connectivity index (χ2n) is 11.7. The molecule has 10 rings (SSSR count). The Kier molecular flexibility index (Phi) is 5.39. The molecule has 1 nitrogen and oxygen atoms in total. The molecule has 210 valence electrons. The SMILES string of the molecule is c1ccc(-c2ccc3c4cc(-c5cccc6sc7ccccc7c56)ccc4n(-c4cccc5sc6ccccc6c45)c3c2)cc1. The van der Waals surface area contributed by atoms with Gasteiger partial charge in [-0.1, -0.05) is 103 Å². The zero-order valence-corrected chi connectivity index (χ0v) is 25.8. The summed E-state index contributed by atoms with van der Waals surface area (Å²) < 4.78 is 7.81. The smallest absolute Gasteiger partial charge is 0.0555 e. The maximum Gasteiger partial charge on any atom is 0.0555 e. The average molecular weight is 608 g/mol. The number of hydrogen-bond acceptors (Lipinski definition) is 2. The summed E-state index contributed by atoms with van der Waals surface area (Å²) in [5, 5.41) is 7.86. The Hall–Kier alpha value is -5.22. The Balaban J connectivity index is 1.31. The van der Waals surface area contributed by atoms with Crippen LogP contribution in [-0.2, 0) is 0 Å². The molecule has 0 aliphatic carbocycles. The summed E-state index contributed by atoms with van der Waals surface area (Å²) in [5.74, 6) is 0. The van der Waals surface area contributed by atoms with Crippen LogP contribution in [0.15, 0.2) is 152 Å². The molecule has 0 atom stereocenters. The van der Waals surface area contributed by atoms with Gasteiger partial charge in [0.15, 0.2) is 0 Å². The van der Waals surface area contributed by atoms with Crippen LogP contribution in [0, 0.1) is 0 Å². The van der Waals surface area contributed by atoms with Crippen molar-refractivity contribution in [3.05, 3.63) is 152 Å². The third-order valence-electron chi connectivity index (χ3n) is 9.21. The summed E-state index contributed by atoms with van der Waals surface area (Å²) in [7, 11) is 0. The fraction of sp³-hybridized carbons (Fsp3) is 0. The Bertz CT molecular complexity index is 2760. The van der Waals surface area contributed by atoms with Crippen molar-refractivity contribution in [2.75, 3.05) is 0 Å². The molecular formula is C42H25NS2. The van der Waals surface area contributed by atoms with Crippen LogP contribution in [0.3, 0.4) is 0 Å². The summed E-state index contributed by atoms with van der Waals surface area (Å²) in [6.07, 6.45) is 0. The molecule has 10 aromatic rings. The van der Waals surface area contributed by atoms with Crippen LogP contribution in [0.25, 0.3) is 90.1 Å². The standard InChI is InChI=1S/C42H25NS2/c1-2-10-26(11-3-1)27-20-22-30-33-24-28(29-14-8-18-39-41(29)31-12-4-6-16-37(31)44-39)21-23-34(33)43(36(30)25-27)35-15-9-19-40-42(35)32-13-5-7-17-38(32)45-40/h1-25H. The first kappa shape index (κ1) is 25.1. The van der Waals surface area contributed by atoms with Gasteiger partial charge in [0.1, 0.15) is 0 Å². The zero-order chi connectivity index (χ0) is 29.5. The second kappa shape index (κ2) is 9.64. The lowest BCUT2D eigenvalue weighted by Crippen LogP contribution is -1.95. The van der Waals surface area contributed by atoms with E-state index in [1.165, 1.54) is 90.1 Å². The number of rotatable bonds is 3. The van der Waals surface area contributed by atoms with Gasteiger partial charge in [0.05, 0.1) is 16.7 Å². The van der Waals surface area contributed by atoms with Crippen LogP contribution < -0.4 is 0 Å². The minimum absolute atomic E-state index is 1.23. The Morgan fingerprint density at radius 3 is 1.80 bits per heavy atom. The van der Waals surface area contributed by atoms with Gasteiger partial charge in [0, 0.05) is 51.1 Å². The first-order valence-corrected chi connectivity index (χ1v) is 16.9. The average Bonchev–Trinajstić information content (AvgIpc) is 3.77. The molecule has 0 N–H and O–H groups in total. The second-order valence-corrected chi connectivity index (χ2v) is 13.9. The predicted molar refractivity (Wildman–Crippen MR) is 197 cm³/mol. The maximum absolute atomic E-state index is 2.50. The van der Waals surface area contributed by atoms with Gasteiger partial charge >= 0.3 is 0 Å². The van der Waals surface area contributed by atoms with Crippen molar-refractivity contribution in [2.45, 2.75) is 0 Å². The molecule has 0 radical (unpaired) electrons. The quantitative estimate of drug-likeness (QED) is 0.188. The molecule has 0 aliphatic rings. The largest absolute Gasteiger partial charge is 0.309 e. The van der Waals surface area contributed by atoms with E-state index < -0.39 is 0 Å². The van der Waals surface area contributed by atoms with Crippen molar-refractivity contribution in [3.63, 3.8) is 0 Å². The minimum Gasteiger partial charge on any atom is -0.309 e. The van der Waals surface area contributed by atoms with Crippen molar-refractivity contribution in [1.82, 2.24) is 4.57 Å². The van der Waals surface area contributed by atoms with Crippen molar-refractivity contribution >= 4 is 84.8 Å². The van der Waals surface area contributed by atoms with Crippen molar-refractivity contribution in [2.24, 2.45) is 0 Å². The van der Waals surface area contributed by atoms with Crippen molar-refractivity contribution in [1.29, 1.82) is 0 Å². The van der Waals surface area contributed by atoms with Gasteiger partial charge in [0.25, 0.3) is 0 Å². The number of thiophene rings is 2. The van der Waals surface area contributed by atoms with E-state index in [1.807, 2.05) is 22.7 Å². The lowest BCUT2D eigenvalue weighted by molar-refractivity contribution is 1.20. The third-order valence-corrected chi connectivity index (χ3v) is 11.5. The van der Waals surface area contributed by atoms with E-state index in [4.69, 9.17) is 0 Å². The number of aromatic nitrogens is 1. The van der Waals surface area contributed by atoms with E-state index in [0.717, 1.165) is 0 Å². The van der Waals surface area contributed by atoms with Gasteiger partial charge in [-0.2, -0.15) is 0 Å². The van der Waals surface area contributed by atoms with Crippen molar-refractivity contribution in [3.8, 4) is 27.9 Å². The lowest BCUT2D eigenvalue weighted by atomic mass is 9.97. The summed E-state index contributed by atoms with van der Waals surface area (Å²) in [5.41, 5.74) is 8.68. The first-order valence-electron chi connectivity index (χ1n) is 15.3. The van der Waals surface area contributed by atoms with Gasteiger partial charge in [0.2, 0.25) is 0 Å². The summed E-state index contributed by atoms with van der Waals surface area (Å²) in [4.78, 5) is 0. The maximum atomic E-state index is 2.50. The van der Waals surface area contributed by atoms with Gasteiger partial charge in [-0.05, 0) is 70.8 Å². The molecule has 0 unspecified atom stereocenters. The van der Waals surface area contributed by atoms with E-state index >= 15 is 0 Å². The molecule has 0 aliphatic heterocycles. The minimum atomic E-state index is 1.23. The van der Waals surface area contributed by atoms with E-state index in [9.17, 15) is 0 Å². The molecule has 7 aromatic carbocycles. The van der Waals surface area contributed by atoms with Crippen LogP contribution in [0.2, 0.25) is 0 Å². The lowest BCUT2D eigenvalue weighted by Gasteiger charge is -2.12. The van der Waals surface area contributed by atoms with E-state index in [2.05, 4.69) is 156 Å². The van der Waals surface area contributed by atoms with Crippen LogP contribution in [0.1, 0.15) is 0 Å². The van der Waals surface area contributed by atoms with Crippen LogP contribution in [0.5, 0.6) is 0 Å². The first-order chi connectivity index (χ1) is 22.3. The monoisotopic (exact) mass is 607 g/mol. The normalized spacial score (nSPS) is 12.0. The highest BCUT2D eigenvalue weighted by atomic mass is 32.1. The Morgan fingerprint density at radius 1 is 0.356 bits per heavy atom. The molecule has 0 bridgehead atoms. The van der Waals surface area contributed by atoms with Crippen LogP contribution in [-0.4, -0.2) is 4.57 Å². The molecule has 45 heavy (non-hydrogen) atoms. The molecule has 0 saturated carbocycles. The van der Waals surface area contributed by atoms with Gasteiger partial charge in [-0.25, -0.2) is 0 Å². The van der Waals surface area contributed by atoms with Gasteiger partial charge < -0.3 is 4.57 Å². The van der Waals surface area contributed by atoms with Gasteiger partial charge in [-0.3, -0.25) is 0 Å². The molecule has 0 spiro atoms. The molecule has 3 heterocycles. The summed E-state index contributed by atoms with van der Waals surface area (Å²) in [6.45, 7) is 0. The van der Waals surface area contributed by atoms with E-state index in [-0.39, 0.29) is 0 Å². The predicted octanol–water partition coefficient (Wildman–Crippen LogP) is 12.9.